The van der Waals surface area contributed by atoms with Crippen molar-refractivity contribution in [3.05, 3.63) is 34.1 Å². The zero-order valence-electron chi connectivity index (χ0n) is 15.4. The van der Waals surface area contributed by atoms with Crippen molar-refractivity contribution in [1.29, 1.82) is 0 Å². The lowest BCUT2D eigenvalue weighted by Crippen LogP contribution is -2.40. The molecule has 0 aliphatic carbocycles. The van der Waals surface area contributed by atoms with Crippen LogP contribution < -0.4 is 20.4 Å². The number of carboxylic acid groups (broad SMARTS) is 1. The summed E-state index contributed by atoms with van der Waals surface area (Å²) < 4.78 is 36.2. The predicted molar refractivity (Wildman–Crippen MR) is 99.2 cm³/mol. The lowest BCUT2D eigenvalue weighted by Gasteiger charge is -2.24. The monoisotopic (exact) mass is 393 g/mol. The molecule has 9 heteroatoms. The minimum Gasteiger partial charge on any atom is -0.449 e. The van der Waals surface area contributed by atoms with Crippen molar-refractivity contribution in [1.82, 2.24) is 9.88 Å². The molecular weight excluding hydrogens is 372 g/mol. The van der Waals surface area contributed by atoms with Gasteiger partial charge in [0, 0.05) is 25.7 Å². The number of aromatic nitrogens is 1. The fourth-order valence-electron chi connectivity index (χ4n) is 4.39. The zero-order chi connectivity index (χ0) is 20.0. The number of nitrogens with zero attached hydrogens (tertiary/aromatic N) is 2. The molecule has 1 aromatic heterocycles. The quantitative estimate of drug-likeness (QED) is 0.780. The van der Waals surface area contributed by atoms with E-state index in [-0.39, 0.29) is 29.2 Å². The Hall–Kier alpha value is -2.68. The van der Waals surface area contributed by atoms with Gasteiger partial charge in [-0.15, -0.1) is 0 Å². The summed E-state index contributed by atoms with van der Waals surface area (Å²) in [6, 6.07) is 1.18. The zero-order valence-corrected chi connectivity index (χ0v) is 15.4. The van der Waals surface area contributed by atoms with E-state index in [1.165, 1.54) is 4.57 Å². The standard InChI is InChI=1S/C19H21F2N3O4/c1-2-23-9-14(28-19(26)27)18(25)11-6-12(20)17(15(21)16(11)23)24-7-10-4-3-5-22-13(10)8-24/h6,9-10,13,22H,2-5,7-8H2,1H3,(H,26,27)/t10-,13+/m0/s1. The Morgan fingerprint density at radius 1 is 1.39 bits per heavy atom. The van der Waals surface area contributed by atoms with Crippen molar-refractivity contribution in [2.45, 2.75) is 32.4 Å². The highest BCUT2D eigenvalue weighted by molar-refractivity contribution is 5.85. The maximum Gasteiger partial charge on any atom is 0.511 e. The first-order chi connectivity index (χ1) is 13.4. The molecule has 2 aromatic rings. The van der Waals surface area contributed by atoms with Crippen LogP contribution in [0.3, 0.4) is 0 Å². The normalized spacial score (nSPS) is 21.8. The number of nitrogens with one attached hydrogen (secondary N) is 1. The number of pyridine rings is 1. The van der Waals surface area contributed by atoms with Gasteiger partial charge >= 0.3 is 6.16 Å². The van der Waals surface area contributed by atoms with E-state index in [9.17, 15) is 14.0 Å². The molecule has 3 heterocycles. The number of ether oxygens (including phenoxy) is 1. The highest BCUT2D eigenvalue weighted by Gasteiger charge is 2.37. The molecule has 2 saturated heterocycles. The van der Waals surface area contributed by atoms with E-state index < -0.39 is 29.0 Å². The molecule has 4 rings (SSSR count). The number of hydrogen-bond acceptors (Lipinski definition) is 5. The number of anilines is 1. The van der Waals surface area contributed by atoms with Crippen LogP contribution in [0, 0.1) is 17.6 Å². The maximum absolute atomic E-state index is 15.5. The molecule has 2 aliphatic heterocycles. The van der Waals surface area contributed by atoms with E-state index in [1.807, 2.05) is 0 Å². The van der Waals surface area contributed by atoms with Gasteiger partial charge in [-0.3, -0.25) is 4.79 Å². The van der Waals surface area contributed by atoms with Gasteiger partial charge < -0.3 is 24.6 Å². The molecule has 2 aliphatic rings. The topological polar surface area (TPSA) is 83.8 Å². The number of rotatable bonds is 3. The first-order valence-electron chi connectivity index (χ1n) is 9.35. The van der Waals surface area contributed by atoms with E-state index in [0.717, 1.165) is 31.6 Å². The molecule has 28 heavy (non-hydrogen) atoms. The van der Waals surface area contributed by atoms with Gasteiger partial charge in [0.05, 0.1) is 17.1 Å². The average molecular weight is 393 g/mol. The molecule has 0 unspecified atom stereocenters. The minimum atomic E-state index is -1.66. The summed E-state index contributed by atoms with van der Waals surface area (Å²) in [7, 11) is 0. The summed E-state index contributed by atoms with van der Waals surface area (Å²) in [5, 5.41) is 12.0. The summed E-state index contributed by atoms with van der Waals surface area (Å²) >= 11 is 0. The number of halogens is 2. The smallest absolute Gasteiger partial charge is 0.449 e. The summed E-state index contributed by atoms with van der Waals surface area (Å²) in [5.41, 5.74) is -1.05. The van der Waals surface area contributed by atoms with Crippen LogP contribution in [0.15, 0.2) is 17.1 Å². The SMILES string of the molecule is CCn1cc(OC(=O)O)c(=O)c2cc(F)c(N3C[C@@H]4CCCN[C@@H]4C3)c(F)c21. The lowest BCUT2D eigenvalue weighted by molar-refractivity contribution is 0.144. The fraction of sp³-hybridized carbons (Fsp3) is 0.474. The van der Waals surface area contributed by atoms with Crippen LogP contribution in [0.2, 0.25) is 0 Å². The molecule has 0 spiro atoms. The van der Waals surface area contributed by atoms with Crippen LogP contribution in [0.4, 0.5) is 19.3 Å². The van der Waals surface area contributed by atoms with Crippen molar-refractivity contribution in [3.63, 3.8) is 0 Å². The number of carbonyl (C=O) groups is 1. The molecule has 0 bridgehead atoms. The number of aryl methyl sites for hydroxylation is 1. The first-order valence-corrected chi connectivity index (χ1v) is 9.35. The van der Waals surface area contributed by atoms with E-state index >= 15 is 4.39 Å². The van der Waals surface area contributed by atoms with Crippen LogP contribution in [-0.2, 0) is 6.54 Å². The number of hydrogen-bond donors (Lipinski definition) is 2. The third kappa shape index (κ3) is 2.99. The Balaban J connectivity index is 1.86. The molecule has 2 fully saturated rings. The average Bonchev–Trinajstić information content (AvgIpc) is 3.07. The molecule has 0 radical (unpaired) electrons. The minimum absolute atomic E-state index is 0.0514. The number of piperidine rings is 1. The second kappa shape index (κ2) is 7.05. The van der Waals surface area contributed by atoms with Crippen molar-refractivity contribution >= 4 is 22.7 Å². The van der Waals surface area contributed by atoms with Crippen LogP contribution in [-0.4, -0.2) is 41.5 Å². The van der Waals surface area contributed by atoms with E-state index in [0.29, 0.717) is 19.0 Å². The fourth-order valence-corrected chi connectivity index (χ4v) is 4.39. The first kappa shape index (κ1) is 18.7. The van der Waals surface area contributed by atoms with Crippen LogP contribution >= 0.6 is 0 Å². The van der Waals surface area contributed by atoms with Crippen LogP contribution in [0.1, 0.15) is 19.8 Å². The third-order valence-corrected chi connectivity index (χ3v) is 5.65. The van der Waals surface area contributed by atoms with Gasteiger partial charge in [-0.1, -0.05) is 0 Å². The Kier molecular flexibility index (Phi) is 4.70. The van der Waals surface area contributed by atoms with Gasteiger partial charge in [0.2, 0.25) is 5.43 Å². The number of benzene rings is 1. The highest BCUT2D eigenvalue weighted by atomic mass is 19.1. The van der Waals surface area contributed by atoms with Crippen LogP contribution in [0.5, 0.6) is 5.75 Å². The largest absolute Gasteiger partial charge is 0.511 e. The van der Waals surface area contributed by atoms with Gasteiger partial charge in [0.1, 0.15) is 11.5 Å². The summed E-state index contributed by atoms with van der Waals surface area (Å²) in [5.74, 6) is -1.79. The molecule has 7 nitrogen and oxygen atoms in total. The second-order valence-corrected chi connectivity index (χ2v) is 7.26. The predicted octanol–water partition coefficient (Wildman–Crippen LogP) is 2.54. The van der Waals surface area contributed by atoms with Crippen molar-refractivity contribution in [3.8, 4) is 5.75 Å². The van der Waals surface area contributed by atoms with Crippen LogP contribution in [0.25, 0.3) is 10.9 Å². The maximum atomic E-state index is 15.5. The number of fused-ring (bicyclic) bond motifs is 2. The summed E-state index contributed by atoms with van der Waals surface area (Å²) in [6.07, 6.45) is 1.54. The Morgan fingerprint density at radius 2 is 2.18 bits per heavy atom. The molecule has 150 valence electrons. The van der Waals surface area contributed by atoms with E-state index in [2.05, 4.69) is 10.1 Å². The van der Waals surface area contributed by atoms with Gasteiger partial charge in [-0.2, -0.15) is 0 Å². The highest BCUT2D eigenvalue weighted by Crippen LogP contribution is 2.35. The van der Waals surface area contributed by atoms with Gasteiger partial charge in [-0.25, -0.2) is 13.6 Å². The summed E-state index contributed by atoms with van der Waals surface area (Å²) in [4.78, 5) is 25.0. The van der Waals surface area contributed by atoms with Gasteiger partial charge in [-0.05, 0) is 38.3 Å². The van der Waals surface area contributed by atoms with E-state index in [1.54, 1.807) is 11.8 Å². The lowest BCUT2D eigenvalue weighted by atomic mass is 9.94. The van der Waals surface area contributed by atoms with E-state index in [4.69, 9.17) is 5.11 Å². The van der Waals surface area contributed by atoms with Gasteiger partial charge in [0.15, 0.2) is 11.6 Å². The Morgan fingerprint density at radius 3 is 2.86 bits per heavy atom. The molecule has 0 saturated carbocycles. The molecular formula is C19H21F2N3O4. The van der Waals surface area contributed by atoms with Crippen molar-refractivity contribution in [2.75, 3.05) is 24.5 Å². The Labute approximate surface area is 159 Å². The van der Waals surface area contributed by atoms with Gasteiger partial charge in [0.25, 0.3) is 0 Å². The Bertz CT molecular complexity index is 993. The molecule has 1 aromatic carbocycles. The second-order valence-electron chi connectivity index (χ2n) is 7.26. The molecule has 2 atom stereocenters. The third-order valence-electron chi connectivity index (χ3n) is 5.65. The molecule has 2 N–H and O–H groups in total. The summed E-state index contributed by atoms with van der Waals surface area (Å²) in [6.45, 7) is 3.92. The van der Waals surface area contributed by atoms with Crippen molar-refractivity contribution < 1.29 is 23.4 Å². The van der Waals surface area contributed by atoms with Crippen molar-refractivity contribution in [2.24, 2.45) is 5.92 Å². The molecule has 0 amide bonds.